The summed E-state index contributed by atoms with van der Waals surface area (Å²) >= 11 is 6.28. The first kappa shape index (κ1) is 16.2. The number of hydrogen-bond donors (Lipinski definition) is 1. The summed E-state index contributed by atoms with van der Waals surface area (Å²) in [7, 11) is 2.13. The van der Waals surface area contributed by atoms with Crippen molar-refractivity contribution in [2.75, 3.05) is 20.1 Å². The van der Waals surface area contributed by atoms with Crippen molar-refractivity contribution in [1.29, 1.82) is 0 Å². The third-order valence-electron chi connectivity index (χ3n) is 4.16. The Bertz CT molecular complexity index is 600. The zero-order valence-corrected chi connectivity index (χ0v) is 13.8. The SMILES string of the molecule is CCC(C)CN(C)C(CN)c1ccc(Cl)c2cccnc12. The molecule has 2 unspecified atom stereocenters. The predicted molar refractivity (Wildman–Crippen MR) is 90.6 cm³/mol. The molecule has 0 radical (unpaired) electrons. The summed E-state index contributed by atoms with van der Waals surface area (Å²) in [6.07, 6.45) is 2.98. The first-order chi connectivity index (χ1) is 10.1. The van der Waals surface area contributed by atoms with Crippen LogP contribution < -0.4 is 5.73 Å². The summed E-state index contributed by atoms with van der Waals surface area (Å²) in [4.78, 5) is 6.85. The smallest absolute Gasteiger partial charge is 0.0765 e. The molecule has 1 aromatic carbocycles. The number of halogens is 1. The molecule has 0 spiro atoms. The van der Waals surface area contributed by atoms with Crippen LogP contribution in [0.5, 0.6) is 0 Å². The molecule has 0 saturated heterocycles. The van der Waals surface area contributed by atoms with Gasteiger partial charge in [0.15, 0.2) is 0 Å². The van der Waals surface area contributed by atoms with Crippen LogP contribution in [0.3, 0.4) is 0 Å². The minimum Gasteiger partial charge on any atom is -0.329 e. The van der Waals surface area contributed by atoms with E-state index in [1.807, 2.05) is 24.4 Å². The summed E-state index contributed by atoms with van der Waals surface area (Å²) in [6, 6.07) is 8.09. The van der Waals surface area contributed by atoms with Gasteiger partial charge in [-0.05, 0) is 36.7 Å². The third-order valence-corrected chi connectivity index (χ3v) is 4.49. The maximum absolute atomic E-state index is 6.28. The number of rotatable bonds is 6. The van der Waals surface area contributed by atoms with Crippen LogP contribution in [0.4, 0.5) is 0 Å². The van der Waals surface area contributed by atoms with Crippen molar-refractivity contribution in [3.63, 3.8) is 0 Å². The molecule has 4 heteroatoms. The molecule has 3 nitrogen and oxygen atoms in total. The van der Waals surface area contributed by atoms with Gasteiger partial charge < -0.3 is 5.73 Å². The molecule has 21 heavy (non-hydrogen) atoms. The lowest BCUT2D eigenvalue weighted by Crippen LogP contribution is -2.33. The molecule has 0 amide bonds. The van der Waals surface area contributed by atoms with E-state index in [2.05, 4.69) is 36.8 Å². The Hall–Kier alpha value is -1.16. The van der Waals surface area contributed by atoms with Crippen molar-refractivity contribution in [3.05, 3.63) is 41.0 Å². The second-order valence-electron chi connectivity index (χ2n) is 5.74. The topological polar surface area (TPSA) is 42.1 Å². The molecule has 0 fully saturated rings. The minimum atomic E-state index is 0.161. The highest BCUT2D eigenvalue weighted by Gasteiger charge is 2.20. The van der Waals surface area contributed by atoms with Crippen LogP contribution in [0.2, 0.25) is 5.02 Å². The van der Waals surface area contributed by atoms with Gasteiger partial charge in [-0.15, -0.1) is 0 Å². The molecule has 2 aromatic rings. The molecular formula is C17H24ClN3. The lowest BCUT2D eigenvalue weighted by atomic mass is 10.00. The van der Waals surface area contributed by atoms with Crippen molar-refractivity contribution >= 4 is 22.5 Å². The number of fused-ring (bicyclic) bond motifs is 1. The first-order valence-corrected chi connectivity index (χ1v) is 7.89. The van der Waals surface area contributed by atoms with Crippen LogP contribution in [0.25, 0.3) is 10.9 Å². The number of likely N-dealkylation sites (N-methyl/N-ethyl adjacent to an activating group) is 1. The summed E-state index contributed by atoms with van der Waals surface area (Å²) in [5.41, 5.74) is 8.16. The summed E-state index contributed by atoms with van der Waals surface area (Å²) in [5, 5.41) is 1.73. The van der Waals surface area contributed by atoms with Gasteiger partial charge in [0.2, 0.25) is 0 Å². The van der Waals surface area contributed by atoms with Gasteiger partial charge in [0.25, 0.3) is 0 Å². The highest BCUT2D eigenvalue weighted by atomic mass is 35.5. The molecule has 114 valence electrons. The normalized spacial score (nSPS) is 14.6. The standard InChI is InChI=1S/C17H24ClN3/c1-4-12(2)11-21(3)16(10-19)14-7-8-15(18)13-6-5-9-20-17(13)14/h5-9,12,16H,4,10-11,19H2,1-3H3. The molecule has 1 aromatic heterocycles. The van der Waals surface area contributed by atoms with Crippen LogP contribution in [-0.4, -0.2) is 30.0 Å². The Balaban J connectivity index is 2.41. The van der Waals surface area contributed by atoms with E-state index < -0.39 is 0 Å². The van der Waals surface area contributed by atoms with Gasteiger partial charge in [-0.2, -0.15) is 0 Å². The largest absolute Gasteiger partial charge is 0.329 e. The number of nitrogens with two attached hydrogens (primary N) is 1. The average molecular weight is 306 g/mol. The molecule has 2 atom stereocenters. The fraction of sp³-hybridized carbons (Fsp3) is 0.471. The van der Waals surface area contributed by atoms with Crippen LogP contribution in [0.15, 0.2) is 30.5 Å². The fourth-order valence-corrected chi connectivity index (χ4v) is 2.94. The van der Waals surface area contributed by atoms with E-state index in [9.17, 15) is 0 Å². The quantitative estimate of drug-likeness (QED) is 0.881. The van der Waals surface area contributed by atoms with Gasteiger partial charge in [0.05, 0.1) is 5.52 Å². The lowest BCUT2D eigenvalue weighted by Gasteiger charge is -2.30. The molecule has 0 saturated carbocycles. The molecule has 0 aliphatic carbocycles. The van der Waals surface area contributed by atoms with E-state index in [0.29, 0.717) is 12.5 Å². The number of hydrogen-bond acceptors (Lipinski definition) is 3. The Kier molecular flexibility index (Phi) is 5.57. The molecule has 1 heterocycles. The monoisotopic (exact) mass is 305 g/mol. The molecule has 2 N–H and O–H groups in total. The number of aromatic nitrogens is 1. The van der Waals surface area contributed by atoms with Crippen molar-refractivity contribution in [2.24, 2.45) is 11.7 Å². The first-order valence-electron chi connectivity index (χ1n) is 7.51. The highest BCUT2D eigenvalue weighted by Crippen LogP contribution is 2.30. The van der Waals surface area contributed by atoms with Gasteiger partial charge >= 0.3 is 0 Å². The van der Waals surface area contributed by atoms with Gasteiger partial charge in [0, 0.05) is 35.7 Å². The van der Waals surface area contributed by atoms with Crippen molar-refractivity contribution < 1.29 is 0 Å². The van der Waals surface area contributed by atoms with Crippen molar-refractivity contribution in [2.45, 2.75) is 26.3 Å². The second kappa shape index (κ2) is 7.21. The van der Waals surface area contributed by atoms with Gasteiger partial charge in [-0.1, -0.05) is 37.9 Å². The molecule has 0 aliphatic heterocycles. The van der Waals surface area contributed by atoms with Gasteiger partial charge in [-0.25, -0.2) is 0 Å². The second-order valence-corrected chi connectivity index (χ2v) is 6.15. The Labute approximate surface area is 132 Å². The third kappa shape index (κ3) is 3.54. The zero-order chi connectivity index (χ0) is 15.4. The van der Waals surface area contributed by atoms with Crippen molar-refractivity contribution in [1.82, 2.24) is 9.88 Å². The van der Waals surface area contributed by atoms with Crippen LogP contribution in [0, 0.1) is 5.92 Å². The zero-order valence-electron chi connectivity index (χ0n) is 13.0. The molecule has 2 rings (SSSR count). The molecular weight excluding hydrogens is 282 g/mol. The summed E-state index contributed by atoms with van der Waals surface area (Å²) in [6.45, 7) is 6.08. The van der Waals surface area contributed by atoms with Crippen LogP contribution in [-0.2, 0) is 0 Å². The number of benzene rings is 1. The summed E-state index contributed by atoms with van der Waals surface area (Å²) < 4.78 is 0. The minimum absolute atomic E-state index is 0.161. The highest BCUT2D eigenvalue weighted by molar-refractivity contribution is 6.35. The van der Waals surface area contributed by atoms with E-state index in [1.165, 1.54) is 6.42 Å². The van der Waals surface area contributed by atoms with E-state index in [-0.39, 0.29) is 6.04 Å². The lowest BCUT2D eigenvalue weighted by molar-refractivity contribution is 0.216. The van der Waals surface area contributed by atoms with Crippen molar-refractivity contribution in [3.8, 4) is 0 Å². The van der Waals surface area contributed by atoms with Crippen LogP contribution >= 0.6 is 11.6 Å². The average Bonchev–Trinajstić information content (AvgIpc) is 2.50. The van der Waals surface area contributed by atoms with Gasteiger partial charge in [-0.3, -0.25) is 9.88 Å². The van der Waals surface area contributed by atoms with Gasteiger partial charge in [0.1, 0.15) is 0 Å². The summed E-state index contributed by atoms with van der Waals surface area (Å²) in [5.74, 6) is 0.649. The Morgan fingerprint density at radius 3 is 2.76 bits per heavy atom. The van der Waals surface area contributed by atoms with E-state index >= 15 is 0 Å². The maximum atomic E-state index is 6.28. The van der Waals surface area contributed by atoms with E-state index in [4.69, 9.17) is 17.3 Å². The van der Waals surface area contributed by atoms with Crippen LogP contribution in [0.1, 0.15) is 31.9 Å². The molecule has 0 aliphatic rings. The number of nitrogens with zero attached hydrogens (tertiary/aromatic N) is 2. The van der Waals surface area contributed by atoms with E-state index in [1.54, 1.807) is 0 Å². The van der Waals surface area contributed by atoms with E-state index in [0.717, 1.165) is 28.0 Å². The molecule has 0 bridgehead atoms. The maximum Gasteiger partial charge on any atom is 0.0765 e. The predicted octanol–water partition coefficient (Wildman–Crippen LogP) is 3.87. The fourth-order valence-electron chi connectivity index (χ4n) is 2.72. The Morgan fingerprint density at radius 2 is 2.10 bits per heavy atom. The Morgan fingerprint density at radius 1 is 1.33 bits per heavy atom. The number of pyridine rings is 1.